The Morgan fingerprint density at radius 3 is 2.55 bits per heavy atom. The zero-order valence-electron chi connectivity index (χ0n) is 17.5. The lowest BCUT2D eigenvalue weighted by atomic mass is 10.1. The molecule has 1 aliphatic rings. The Labute approximate surface area is 192 Å². The first-order valence-corrected chi connectivity index (χ1v) is 11.0. The second kappa shape index (κ2) is 11.8. The second-order valence-corrected chi connectivity index (χ2v) is 8.01. The topological polar surface area (TPSA) is 47.0 Å². The van der Waals surface area contributed by atoms with Crippen LogP contribution in [0.25, 0.3) is 0 Å². The molecule has 0 saturated carbocycles. The zero-order chi connectivity index (χ0) is 23.7. The summed E-state index contributed by atoms with van der Waals surface area (Å²) in [5, 5.41) is 0. The van der Waals surface area contributed by atoms with Crippen LogP contribution in [0.15, 0.2) is 65.8 Å². The van der Waals surface area contributed by atoms with Crippen molar-refractivity contribution in [2.24, 2.45) is 0 Å². The standard InChI is InChI=1S/C13H13N3OS.C10H9F5/c1-3-10-4-5-11(9-12(10)17-8-1)18-16-13-14-6-2-7-15-13;11-9(12)5-4-7-2-1-3-8(6-7)10(13,14)15/h2,4-7,9H,1,3,8H2,(H,14,15,16);1-3,6,9H,4-5H2. The lowest BCUT2D eigenvalue weighted by Crippen LogP contribution is -2.08. The lowest BCUT2D eigenvalue weighted by Gasteiger charge is -2.17. The van der Waals surface area contributed by atoms with Crippen molar-refractivity contribution in [1.82, 2.24) is 9.97 Å². The van der Waals surface area contributed by atoms with Crippen LogP contribution < -0.4 is 9.46 Å². The number of hydrogen-bond acceptors (Lipinski definition) is 5. The average Bonchev–Trinajstić information content (AvgIpc) is 2.82. The van der Waals surface area contributed by atoms with Gasteiger partial charge in [-0.1, -0.05) is 24.3 Å². The van der Waals surface area contributed by atoms with Crippen molar-refractivity contribution in [2.45, 2.75) is 43.2 Å². The maximum atomic E-state index is 12.2. The van der Waals surface area contributed by atoms with E-state index in [1.165, 1.54) is 29.6 Å². The molecule has 2 heterocycles. The molecule has 4 nitrogen and oxygen atoms in total. The molecule has 10 heteroatoms. The average molecular weight is 484 g/mol. The van der Waals surface area contributed by atoms with Gasteiger partial charge < -0.3 is 4.74 Å². The van der Waals surface area contributed by atoms with E-state index in [4.69, 9.17) is 4.74 Å². The van der Waals surface area contributed by atoms with Gasteiger partial charge in [0.15, 0.2) is 0 Å². The predicted molar refractivity (Wildman–Crippen MR) is 118 cm³/mol. The van der Waals surface area contributed by atoms with Crippen LogP contribution in [0, 0.1) is 0 Å². The monoisotopic (exact) mass is 483 g/mol. The summed E-state index contributed by atoms with van der Waals surface area (Å²) in [6, 6.07) is 12.5. The summed E-state index contributed by atoms with van der Waals surface area (Å²) in [5.41, 5.74) is 0.779. The molecule has 0 saturated heterocycles. The molecule has 4 rings (SSSR count). The van der Waals surface area contributed by atoms with Crippen LogP contribution >= 0.6 is 11.9 Å². The first kappa shape index (κ1) is 24.8. The van der Waals surface area contributed by atoms with E-state index in [1.54, 1.807) is 18.5 Å². The van der Waals surface area contributed by atoms with Gasteiger partial charge in [-0.15, -0.1) is 0 Å². The molecule has 1 aromatic heterocycles. The Bertz CT molecular complexity index is 1020. The normalized spacial score (nSPS) is 12.9. The smallest absolute Gasteiger partial charge is 0.416 e. The zero-order valence-corrected chi connectivity index (χ0v) is 18.3. The van der Waals surface area contributed by atoms with E-state index in [-0.39, 0.29) is 12.0 Å². The number of nitrogens with zero attached hydrogens (tertiary/aromatic N) is 2. The summed E-state index contributed by atoms with van der Waals surface area (Å²) >= 11 is 1.49. The Hall–Kier alpha value is -2.88. The number of hydrogen-bond donors (Lipinski definition) is 1. The fourth-order valence-corrected chi connectivity index (χ4v) is 3.64. The number of anilines is 1. The largest absolute Gasteiger partial charge is 0.493 e. The van der Waals surface area contributed by atoms with Crippen LogP contribution in [0.5, 0.6) is 5.75 Å². The fraction of sp³-hybridized carbons (Fsp3) is 0.304. The highest BCUT2D eigenvalue weighted by Gasteiger charge is 2.30. The van der Waals surface area contributed by atoms with E-state index < -0.39 is 24.6 Å². The second-order valence-electron chi connectivity index (χ2n) is 7.13. The maximum absolute atomic E-state index is 12.2. The third-order valence-corrected chi connectivity index (χ3v) is 5.39. The number of halogens is 5. The number of ether oxygens (including phenoxy) is 1. The van der Waals surface area contributed by atoms with Crippen molar-refractivity contribution in [3.8, 4) is 5.75 Å². The SMILES string of the molecule is FC(F)CCc1cccc(C(F)(F)F)c1.c1cnc(NSc2ccc3c(c2)OCCC3)nc1. The van der Waals surface area contributed by atoms with Gasteiger partial charge in [0.25, 0.3) is 0 Å². The highest BCUT2D eigenvalue weighted by molar-refractivity contribution is 8.00. The molecule has 0 radical (unpaired) electrons. The summed E-state index contributed by atoms with van der Waals surface area (Å²) in [4.78, 5) is 9.31. The Balaban J connectivity index is 0.000000190. The maximum Gasteiger partial charge on any atom is 0.416 e. The molecule has 0 unspecified atom stereocenters. The van der Waals surface area contributed by atoms with Gasteiger partial charge in [-0.3, -0.25) is 4.72 Å². The van der Waals surface area contributed by atoms with Gasteiger partial charge >= 0.3 is 6.18 Å². The van der Waals surface area contributed by atoms with Crippen LogP contribution in [0.4, 0.5) is 27.9 Å². The summed E-state index contributed by atoms with van der Waals surface area (Å²) in [7, 11) is 0. The van der Waals surface area contributed by atoms with E-state index in [0.717, 1.165) is 42.2 Å². The fourth-order valence-electron chi connectivity index (χ4n) is 3.02. The molecule has 33 heavy (non-hydrogen) atoms. The summed E-state index contributed by atoms with van der Waals surface area (Å²) in [6.07, 6.45) is -1.72. The molecule has 0 aliphatic carbocycles. The molecule has 0 spiro atoms. The molecule has 0 bridgehead atoms. The van der Waals surface area contributed by atoms with Gasteiger partial charge in [-0.05, 0) is 66.6 Å². The predicted octanol–water partition coefficient (Wildman–Crippen LogP) is 6.82. The van der Waals surface area contributed by atoms with Gasteiger partial charge in [0, 0.05) is 23.7 Å². The van der Waals surface area contributed by atoms with E-state index in [0.29, 0.717) is 5.95 Å². The van der Waals surface area contributed by atoms with E-state index in [2.05, 4.69) is 32.9 Å². The van der Waals surface area contributed by atoms with Crippen LogP contribution in [-0.2, 0) is 19.0 Å². The lowest BCUT2D eigenvalue weighted by molar-refractivity contribution is -0.137. The summed E-state index contributed by atoms with van der Waals surface area (Å²) < 4.78 is 69.1. The van der Waals surface area contributed by atoms with Crippen molar-refractivity contribution in [2.75, 3.05) is 11.3 Å². The minimum atomic E-state index is -4.42. The highest BCUT2D eigenvalue weighted by Crippen LogP contribution is 2.31. The van der Waals surface area contributed by atoms with E-state index in [1.807, 2.05) is 0 Å². The number of rotatable bonds is 6. The van der Waals surface area contributed by atoms with E-state index in [9.17, 15) is 22.0 Å². The van der Waals surface area contributed by atoms with Crippen molar-refractivity contribution in [3.05, 3.63) is 77.6 Å². The Kier molecular flexibility index (Phi) is 8.87. The molecule has 1 N–H and O–H groups in total. The van der Waals surface area contributed by atoms with Gasteiger partial charge in [-0.2, -0.15) is 13.2 Å². The first-order valence-electron chi connectivity index (χ1n) is 10.2. The molecule has 3 aromatic rings. The number of aromatic nitrogens is 2. The van der Waals surface area contributed by atoms with E-state index >= 15 is 0 Å². The number of aryl methyl sites for hydroxylation is 2. The highest BCUT2D eigenvalue weighted by atomic mass is 32.2. The molecule has 0 amide bonds. The van der Waals surface area contributed by atoms with Crippen LogP contribution in [0.3, 0.4) is 0 Å². The number of fused-ring (bicyclic) bond motifs is 1. The molecular weight excluding hydrogens is 461 g/mol. The van der Waals surface area contributed by atoms with Gasteiger partial charge in [-0.25, -0.2) is 18.7 Å². The van der Waals surface area contributed by atoms with Gasteiger partial charge in [0.05, 0.1) is 12.2 Å². The van der Waals surface area contributed by atoms with Crippen molar-refractivity contribution < 1.29 is 26.7 Å². The number of alkyl halides is 5. The van der Waals surface area contributed by atoms with Crippen LogP contribution in [0.2, 0.25) is 0 Å². The minimum Gasteiger partial charge on any atom is -0.493 e. The van der Waals surface area contributed by atoms with Crippen LogP contribution in [0.1, 0.15) is 29.5 Å². The summed E-state index contributed by atoms with van der Waals surface area (Å²) in [5.74, 6) is 1.61. The third kappa shape index (κ3) is 8.20. The molecular formula is C23H22F5N3OS. The van der Waals surface area contributed by atoms with Crippen molar-refractivity contribution in [3.63, 3.8) is 0 Å². The Morgan fingerprint density at radius 2 is 1.82 bits per heavy atom. The Morgan fingerprint density at radius 1 is 1.03 bits per heavy atom. The molecule has 1 aliphatic heterocycles. The minimum absolute atomic E-state index is 0.0401. The van der Waals surface area contributed by atoms with Gasteiger partial charge in [0.2, 0.25) is 12.4 Å². The molecule has 2 aromatic carbocycles. The quantitative estimate of drug-likeness (QED) is 0.308. The third-order valence-electron chi connectivity index (χ3n) is 4.62. The van der Waals surface area contributed by atoms with Crippen molar-refractivity contribution >= 4 is 17.9 Å². The first-order chi connectivity index (χ1) is 15.8. The van der Waals surface area contributed by atoms with Crippen molar-refractivity contribution in [1.29, 1.82) is 0 Å². The molecule has 0 atom stereocenters. The van der Waals surface area contributed by atoms with Crippen LogP contribution in [-0.4, -0.2) is 23.0 Å². The summed E-state index contributed by atoms with van der Waals surface area (Å²) in [6.45, 7) is 0.816. The number of benzene rings is 2. The number of nitrogens with one attached hydrogen (secondary N) is 1. The molecule has 0 fully saturated rings. The van der Waals surface area contributed by atoms with Gasteiger partial charge in [0.1, 0.15) is 5.75 Å². The molecule has 176 valence electrons.